The van der Waals surface area contributed by atoms with Crippen LogP contribution in [0.5, 0.6) is 0 Å². The molecule has 19 heavy (non-hydrogen) atoms. The molecule has 0 saturated carbocycles. The molecule has 0 bridgehead atoms. The summed E-state index contributed by atoms with van der Waals surface area (Å²) < 4.78 is 2.68. The van der Waals surface area contributed by atoms with Gasteiger partial charge in [-0.25, -0.2) is 9.97 Å². The molecule has 1 aromatic carbocycles. The van der Waals surface area contributed by atoms with Gasteiger partial charge in [-0.2, -0.15) is 4.98 Å². The Hall–Kier alpha value is -1.66. The third-order valence-electron chi connectivity index (χ3n) is 2.67. The minimum Gasteiger partial charge on any atom is -0.369 e. The number of hydrogen-bond acceptors (Lipinski definition) is 4. The number of aryl methyl sites for hydroxylation is 1. The monoisotopic (exact) mass is 337 g/mol. The van der Waals surface area contributed by atoms with Crippen molar-refractivity contribution < 1.29 is 0 Å². The fourth-order valence-electron chi connectivity index (χ4n) is 1.94. The maximum atomic E-state index is 6.19. The Morgan fingerprint density at radius 3 is 2.79 bits per heavy atom. The van der Waals surface area contributed by atoms with Gasteiger partial charge >= 0.3 is 0 Å². The molecule has 0 amide bonds. The van der Waals surface area contributed by atoms with Crippen molar-refractivity contribution in [2.45, 2.75) is 6.92 Å². The molecular weight excluding hydrogens is 330 g/mol. The SMILES string of the molecule is Cc1nc(Cl)c2c(n1)nc(N)n2-c1cccc(Br)c1. The third-order valence-corrected chi connectivity index (χ3v) is 3.43. The van der Waals surface area contributed by atoms with Crippen LogP contribution >= 0.6 is 27.5 Å². The fourth-order valence-corrected chi connectivity index (χ4v) is 2.62. The summed E-state index contributed by atoms with van der Waals surface area (Å²) in [5.41, 5.74) is 7.92. The minimum absolute atomic E-state index is 0.329. The molecule has 2 N–H and O–H groups in total. The zero-order chi connectivity index (χ0) is 13.6. The van der Waals surface area contributed by atoms with Gasteiger partial charge in [0.05, 0.1) is 5.69 Å². The van der Waals surface area contributed by atoms with Crippen LogP contribution < -0.4 is 5.73 Å². The van der Waals surface area contributed by atoms with E-state index < -0.39 is 0 Å². The molecular formula is C12H9BrClN5. The first kappa shape index (κ1) is 12.4. The van der Waals surface area contributed by atoms with Crippen molar-refractivity contribution in [2.24, 2.45) is 0 Å². The minimum atomic E-state index is 0.329. The Morgan fingerprint density at radius 1 is 1.26 bits per heavy atom. The highest BCUT2D eigenvalue weighted by Crippen LogP contribution is 2.27. The third kappa shape index (κ3) is 2.06. The lowest BCUT2D eigenvalue weighted by molar-refractivity contribution is 1.07. The second kappa shape index (κ2) is 4.47. The smallest absolute Gasteiger partial charge is 0.207 e. The molecule has 0 aliphatic carbocycles. The zero-order valence-electron chi connectivity index (χ0n) is 9.93. The molecule has 0 atom stereocenters. The number of imidazole rings is 1. The number of aromatic nitrogens is 4. The van der Waals surface area contributed by atoms with Gasteiger partial charge in [0, 0.05) is 4.47 Å². The van der Waals surface area contributed by atoms with E-state index in [1.807, 2.05) is 24.3 Å². The first-order valence-electron chi connectivity index (χ1n) is 5.50. The molecule has 0 aliphatic rings. The van der Waals surface area contributed by atoms with E-state index in [1.54, 1.807) is 11.5 Å². The molecule has 0 aliphatic heterocycles. The van der Waals surface area contributed by atoms with Crippen molar-refractivity contribution in [2.75, 3.05) is 5.73 Å². The van der Waals surface area contributed by atoms with Crippen LogP contribution in [0.4, 0.5) is 5.95 Å². The number of anilines is 1. The number of hydrogen-bond donors (Lipinski definition) is 1. The number of rotatable bonds is 1. The van der Waals surface area contributed by atoms with Crippen LogP contribution in [0.2, 0.25) is 5.15 Å². The van der Waals surface area contributed by atoms with Crippen molar-refractivity contribution in [1.29, 1.82) is 0 Å². The summed E-state index contributed by atoms with van der Waals surface area (Å²) in [4.78, 5) is 12.6. The second-order valence-electron chi connectivity index (χ2n) is 4.02. The van der Waals surface area contributed by atoms with Crippen molar-refractivity contribution in [3.63, 3.8) is 0 Å². The maximum Gasteiger partial charge on any atom is 0.207 e. The lowest BCUT2D eigenvalue weighted by Crippen LogP contribution is -2.01. The molecule has 0 fully saturated rings. The van der Waals surface area contributed by atoms with Gasteiger partial charge in [-0.3, -0.25) is 4.57 Å². The molecule has 2 aromatic heterocycles. The van der Waals surface area contributed by atoms with Crippen LogP contribution in [0.25, 0.3) is 16.9 Å². The van der Waals surface area contributed by atoms with Gasteiger partial charge in [0.1, 0.15) is 11.3 Å². The van der Waals surface area contributed by atoms with E-state index in [9.17, 15) is 0 Å². The van der Waals surface area contributed by atoms with Gasteiger partial charge in [-0.15, -0.1) is 0 Å². The van der Waals surface area contributed by atoms with Crippen LogP contribution in [0.1, 0.15) is 5.82 Å². The molecule has 0 radical (unpaired) electrons. The Kier molecular flexibility index (Phi) is 2.91. The van der Waals surface area contributed by atoms with Gasteiger partial charge in [0.25, 0.3) is 0 Å². The molecule has 0 spiro atoms. The van der Waals surface area contributed by atoms with E-state index in [1.165, 1.54) is 0 Å². The first-order chi connectivity index (χ1) is 9.06. The van der Waals surface area contributed by atoms with Crippen molar-refractivity contribution in [3.8, 4) is 5.69 Å². The Morgan fingerprint density at radius 2 is 2.05 bits per heavy atom. The predicted molar refractivity (Wildman–Crippen MR) is 78.5 cm³/mol. The molecule has 0 saturated heterocycles. The lowest BCUT2D eigenvalue weighted by atomic mass is 10.3. The second-order valence-corrected chi connectivity index (χ2v) is 5.29. The number of nitrogens with two attached hydrogens (primary N) is 1. The van der Waals surface area contributed by atoms with Crippen molar-refractivity contribution in [3.05, 3.63) is 39.7 Å². The Balaban J connectivity index is 2.38. The van der Waals surface area contributed by atoms with E-state index in [2.05, 4.69) is 30.9 Å². The summed E-state index contributed by atoms with van der Waals surface area (Å²) in [7, 11) is 0. The quantitative estimate of drug-likeness (QED) is 0.692. The molecule has 3 aromatic rings. The van der Waals surface area contributed by atoms with E-state index in [4.69, 9.17) is 17.3 Å². The zero-order valence-corrected chi connectivity index (χ0v) is 12.3. The summed E-state index contributed by atoms with van der Waals surface area (Å²) in [5.74, 6) is 0.895. The van der Waals surface area contributed by atoms with Gasteiger partial charge in [0.15, 0.2) is 10.8 Å². The highest BCUT2D eigenvalue weighted by atomic mass is 79.9. The number of halogens is 2. The summed E-state index contributed by atoms with van der Waals surface area (Å²) in [5, 5.41) is 0.340. The summed E-state index contributed by atoms with van der Waals surface area (Å²) in [6, 6.07) is 7.68. The number of benzene rings is 1. The lowest BCUT2D eigenvalue weighted by Gasteiger charge is -2.07. The molecule has 0 unspecified atom stereocenters. The summed E-state index contributed by atoms with van der Waals surface area (Å²) in [6.07, 6.45) is 0. The summed E-state index contributed by atoms with van der Waals surface area (Å²) in [6.45, 7) is 1.76. The van der Waals surface area contributed by atoms with Gasteiger partial charge in [-0.05, 0) is 25.1 Å². The molecule has 3 rings (SSSR count). The van der Waals surface area contributed by atoms with E-state index in [-0.39, 0.29) is 0 Å². The summed E-state index contributed by atoms with van der Waals surface area (Å²) >= 11 is 9.62. The highest BCUT2D eigenvalue weighted by Gasteiger charge is 2.16. The van der Waals surface area contributed by atoms with E-state index in [0.29, 0.717) is 28.1 Å². The molecule has 5 nitrogen and oxygen atoms in total. The average molecular weight is 339 g/mol. The highest BCUT2D eigenvalue weighted by molar-refractivity contribution is 9.10. The molecule has 7 heteroatoms. The Labute approximate surface area is 122 Å². The standard InChI is InChI=1S/C12H9BrClN5/c1-6-16-10(14)9-11(17-6)18-12(15)19(9)8-4-2-3-7(13)5-8/h2-5H,1H3,(H2,15,16,17,18). The predicted octanol–water partition coefficient (Wildman–Crippen LogP) is 3.12. The maximum absolute atomic E-state index is 6.19. The van der Waals surface area contributed by atoms with Crippen LogP contribution in [0, 0.1) is 6.92 Å². The van der Waals surface area contributed by atoms with E-state index >= 15 is 0 Å². The van der Waals surface area contributed by atoms with Crippen molar-refractivity contribution in [1.82, 2.24) is 19.5 Å². The topological polar surface area (TPSA) is 69.6 Å². The van der Waals surface area contributed by atoms with Crippen LogP contribution in [0.15, 0.2) is 28.7 Å². The number of nitrogen functional groups attached to an aromatic ring is 1. The molecule has 2 heterocycles. The Bertz CT molecular complexity index is 783. The number of fused-ring (bicyclic) bond motifs is 1. The van der Waals surface area contributed by atoms with E-state index in [0.717, 1.165) is 10.2 Å². The van der Waals surface area contributed by atoms with Crippen molar-refractivity contribution >= 4 is 44.6 Å². The normalized spacial score (nSPS) is 11.1. The van der Waals surface area contributed by atoms with Gasteiger partial charge in [0.2, 0.25) is 5.95 Å². The molecule has 96 valence electrons. The van der Waals surface area contributed by atoms with Gasteiger partial charge in [-0.1, -0.05) is 33.6 Å². The van der Waals surface area contributed by atoms with Crippen LogP contribution in [0.3, 0.4) is 0 Å². The average Bonchev–Trinajstić information content (AvgIpc) is 2.65. The fraction of sp³-hybridized carbons (Fsp3) is 0.0833. The number of nitrogens with zero attached hydrogens (tertiary/aromatic N) is 4. The van der Waals surface area contributed by atoms with Crippen LogP contribution in [-0.4, -0.2) is 19.5 Å². The largest absolute Gasteiger partial charge is 0.369 e. The first-order valence-corrected chi connectivity index (χ1v) is 6.67. The van der Waals surface area contributed by atoms with Crippen LogP contribution in [-0.2, 0) is 0 Å². The van der Waals surface area contributed by atoms with Gasteiger partial charge < -0.3 is 5.73 Å².